The van der Waals surface area contributed by atoms with Gasteiger partial charge in [0, 0.05) is 5.56 Å². The molecule has 0 aliphatic heterocycles. The topological polar surface area (TPSA) is 69.4 Å². The highest BCUT2D eigenvalue weighted by Gasteiger charge is 2.14. The summed E-state index contributed by atoms with van der Waals surface area (Å²) in [4.78, 5) is 13.0. The van der Waals surface area contributed by atoms with Crippen LogP contribution >= 0.6 is 34.5 Å². The van der Waals surface area contributed by atoms with E-state index in [0.717, 1.165) is 0 Å². The van der Waals surface area contributed by atoms with Crippen molar-refractivity contribution in [2.75, 3.05) is 0 Å². The van der Waals surface area contributed by atoms with E-state index in [1.165, 1.54) is 15.9 Å². The molecule has 4 aromatic rings. The maximum atomic E-state index is 12.6. The summed E-state index contributed by atoms with van der Waals surface area (Å²) < 4.78 is 6.89. The zero-order valence-corrected chi connectivity index (χ0v) is 15.4. The number of hydrogen-bond donors (Lipinski definition) is 0. The molecule has 130 valence electrons. The van der Waals surface area contributed by atoms with E-state index in [4.69, 9.17) is 27.9 Å². The second-order valence-electron chi connectivity index (χ2n) is 5.25. The van der Waals surface area contributed by atoms with E-state index < -0.39 is 0 Å². The predicted molar refractivity (Wildman–Crippen MR) is 101 cm³/mol. The molecule has 0 fully saturated rings. The Labute approximate surface area is 161 Å². The number of halogens is 2. The Morgan fingerprint density at radius 1 is 1.04 bits per heavy atom. The van der Waals surface area contributed by atoms with Gasteiger partial charge in [-0.1, -0.05) is 70.9 Å². The highest BCUT2D eigenvalue weighted by molar-refractivity contribution is 7.16. The van der Waals surface area contributed by atoms with Crippen LogP contribution in [0.4, 0.5) is 0 Å². The number of nitrogens with zero attached hydrogens (tertiary/aromatic N) is 4. The van der Waals surface area contributed by atoms with Gasteiger partial charge in [-0.3, -0.25) is 4.79 Å². The first-order valence-electron chi connectivity index (χ1n) is 7.51. The number of aromatic nitrogens is 4. The monoisotopic (exact) mass is 404 g/mol. The van der Waals surface area contributed by atoms with Crippen molar-refractivity contribution in [1.29, 1.82) is 0 Å². The molecule has 2 aromatic heterocycles. The molecule has 26 heavy (non-hydrogen) atoms. The quantitative estimate of drug-likeness (QED) is 0.511. The first-order valence-corrected chi connectivity index (χ1v) is 9.08. The molecule has 2 aromatic carbocycles. The minimum absolute atomic E-state index is 0.133. The van der Waals surface area contributed by atoms with E-state index >= 15 is 0 Å². The van der Waals surface area contributed by atoms with Gasteiger partial charge in [-0.25, -0.2) is 0 Å². The molecule has 0 bridgehead atoms. The molecular formula is C17H10Cl2N4O2S. The fourth-order valence-electron chi connectivity index (χ4n) is 2.32. The molecule has 4 rings (SSSR count). The second-order valence-corrected chi connectivity index (χ2v) is 7.08. The molecule has 0 amide bonds. The fourth-order valence-corrected chi connectivity index (χ4v) is 3.41. The van der Waals surface area contributed by atoms with Crippen molar-refractivity contribution in [2.24, 2.45) is 0 Å². The highest BCUT2D eigenvalue weighted by atomic mass is 35.5. The Hall–Kier alpha value is -2.48. The zero-order valence-electron chi connectivity index (χ0n) is 13.1. The lowest BCUT2D eigenvalue weighted by molar-refractivity contribution is 0.304. The van der Waals surface area contributed by atoms with Crippen LogP contribution in [0.1, 0.15) is 5.01 Å². The SMILES string of the molecule is O=c1c(-c2ccccc2)nnc2sc(COc3cccc(Cl)c3Cl)nn12. The van der Waals surface area contributed by atoms with E-state index in [0.29, 0.717) is 31.3 Å². The van der Waals surface area contributed by atoms with Gasteiger partial charge in [0.2, 0.25) is 4.96 Å². The van der Waals surface area contributed by atoms with Crippen molar-refractivity contribution in [2.45, 2.75) is 6.61 Å². The van der Waals surface area contributed by atoms with Gasteiger partial charge in [-0.15, -0.1) is 10.2 Å². The first-order chi connectivity index (χ1) is 12.6. The van der Waals surface area contributed by atoms with Crippen LogP contribution < -0.4 is 10.3 Å². The molecular weight excluding hydrogens is 395 g/mol. The summed E-state index contributed by atoms with van der Waals surface area (Å²) in [5.74, 6) is 0.446. The molecule has 2 heterocycles. The Morgan fingerprint density at radius 3 is 2.65 bits per heavy atom. The van der Waals surface area contributed by atoms with Gasteiger partial charge in [-0.2, -0.15) is 9.61 Å². The van der Waals surface area contributed by atoms with Crippen LogP contribution in [0.5, 0.6) is 5.75 Å². The van der Waals surface area contributed by atoms with E-state index in [2.05, 4.69) is 15.3 Å². The third-order valence-electron chi connectivity index (χ3n) is 3.55. The summed E-state index contributed by atoms with van der Waals surface area (Å²) in [7, 11) is 0. The largest absolute Gasteiger partial charge is 0.485 e. The normalized spacial score (nSPS) is 11.0. The molecule has 0 saturated heterocycles. The van der Waals surface area contributed by atoms with Gasteiger partial charge in [0.25, 0.3) is 0 Å². The molecule has 0 aliphatic rings. The molecule has 0 radical (unpaired) electrons. The van der Waals surface area contributed by atoms with Crippen molar-refractivity contribution in [1.82, 2.24) is 19.8 Å². The summed E-state index contributed by atoms with van der Waals surface area (Å²) in [6.45, 7) is 0.133. The summed E-state index contributed by atoms with van der Waals surface area (Å²) in [6.07, 6.45) is 0. The first kappa shape index (κ1) is 17.0. The van der Waals surface area contributed by atoms with Crippen LogP contribution in [-0.4, -0.2) is 19.8 Å². The average Bonchev–Trinajstić information content (AvgIpc) is 3.08. The van der Waals surface area contributed by atoms with E-state index in [-0.39, 0.29) is 17.9 Å². The molecule has 0 unspecified atom stereocenters. The van der Waals surface area contributed by atoms with E-state index in [1.807, 2.05) is 18.2 Å². The van der Waals surface area contributed by atoms with Crippen molar-refractivity contribution in [3.8, 4) is 17.0 Å². The molecule has 0 spiro atoms. The van der Waals surface area contributed by atoms with Gasteiger partial charge in [0.15, 0.2) is 10.7 Å². The van der Waals surface area contributed by atoms with Crippen LogP contribution in [-0.2, 0) is 6.61 Å². The van der Waals surface area contributed by atoms with Gasteiger partial charge in [0.1, 0.15) is 17.4 Å². The number of benzene rings is 2. The molecule has 0 aliphatic carbocycles. The van der Waals surface area contributed by atoms with E-state index in [9.17, 15) is 4.79 Å². The Kier molecular flexibility index (Phi) is 4.58. The molecule has 9 heteroatoms. The number of ether oxygens (including phenoxy) is 1. The third kappa shape index (κ3) is 3.16. The summed E-state index contributed by atoms with van der Waals surface area (Å²) in [5, 5.41) is 13.7. The lowest BCUT2D eigenvalue weighted by Gasteiger charge is -2.06. The zero-order chi connectivity index (χ0) is 18.1. The van der Waals surface area contributed by atoms with Crippen LogP contribution in [0.25, 0.3) is 16.2 Å². The standard InChI is InChI=1S/C17H10Cl2N4O2S/c18-11-7-4-8-12(14(11)19)25-9-13-22-23-16(24)15(20-21-17(23)26-13)10-5-2-1-3-6-10/h1-8H,9H2. The smallest absolute Gasteiger partial charge is 0.302 e. The lowest BCUT2D eigenvalue weighted by Crippen LogP contribution is -2.19. The number of rotatable bonds is 4. The van der Waals surface area contributed by atoms with Gasteiger partial charge < -0.3 is 4.74 Å². The molecule has 0 atom stereocenters. The number of hydrogen-bond acceptors (Lipinski definition) is 6. The molecule has 6 nitrogen and oxygen atoms in total. The Morgan fingerprint density at radius 2 is 1.85 bits per heavy atom. The van der Waals surface area contributed by atoms with Crippen LogP contribution in [0.2, 0.25) is 10.0 Å². The van der Waals surface area contributed by atoms with Crippen LogP contribution in [0, 0.1) is 0 Å². The maximum absolute atomic E-state index is 12.6. The van der Waals surface area contributed by atoms with Crippen molar-refractivity contribution >= 4 is 39.5 Å². The molecule has 0 saturated carbocycles. The predicted octanol–water partition coefficient (Wildman–Crippen LogP) is 4.10. The van der Waals surface area contributed by atoms with E-state index in [1.54, 1.807) is 30.3 Å². The average molecular weight is 405 g/mol. The van der Waals surface area contributed by atoms with Crippen molar-refractivity contribution < 1.29 is 4.74 Å². The minimum Gasteiger partial charge on any atom is -0.485 e. The second kappa shape index (κ2) is 7.03. The summed E-state index contributed by atoms with van der Waals surface area (Å²) in [5.41, 5.74) is 0.610. The summed E-state index contributed by atoms with van der Waals surface area (Å²) in [6, 6.07) is 14.3. The highest BCUT2D eigenvalue weighted by Crippen LogP contribution is 2.32. The van der Waals surface area contributed by atoms with Crippen molar-refractivity contribution in [3.63, 3.8) is 0 Å². The lowest BCUT2D eigenvalue weighted by atomic mass is 10.2. The third-order valence-corrected chi connectivity index (χ3v) is 5.22. The Bertz CT molecular complexity index is 1140. The van der Waals surface area contributed by atoms with Crippen LogP contribution in [0.3, 0.4) is 0 Å². The minimum atomic E-state index is -0.329. The maximum Gasteiger partial charge on any atom is 0.302 e. The Balaban J connectivity index is 1.65. The molecule has 0 N–H and O–H groups in total. The fraction of sp³-hybridized carbons (Fsp3) is 0.0588. The van der Waals surface area contributed by atoms with Gasteiger partial charge in [-0.05, 0) is 12.1 Å². The van der Waals surface area contributed by atoms with Gasteiger partial charge >= 0.3 is 5.56 Å². The van der Waals surface area contributed by atoms with Gasteiger partial charge in [0.05, 0.1) is 5.02 Å². The number of fused-ring (bicyclic) bond motifs is 1. The van der Waals surface area contributed by atoms with Crippen LogP contribution in [0.15, 0.2) is 53.3 Å². The van der Waals surface area contributed by atoms with Crippen molar-refractivity contribution in [3.05, 3.63) is 73.9 Å². The summed E-state index contributed by atoms with van der Waals surface area (Å²) >= 11 is 13.3.